The lowest BCUT2D eigenvalue weighted by Gasteiger charge is -2.44. The predicted molar refractivity (Wildman–Crippen MR) is 132 cm³/mol. The standard InChI is InChI=1S/C26H32O14/c27-9-18-21(34)22(35)24(40-25-23(36)20(33)16(32)10-37-25)26(39-18)38-17-8-13(29)7-15(31)19(17)14(30)6-3-11-1-4-12(28)5-2-11/h1-2,4-5,7-8,16,18,20-29,31-36H,3,6,9-10H2/t16-,18-,20+,21-,22+,23-,24-,25+,26-/m1/s1. The Kier molecular flexibility index (Phi) is 9.45. The minimum absolute atomic E-state index is 0.0523. The van der Waals surface area contributed by atoms with Crippen molar-refractivity contribution in [3.8, 4) is 23.0 Å². The van der Waals surface area contributed by atoms with E-state index in [-0.39, 0.29) is 29.9 Å². The van der Waals surface area contributed by atoms with Crippen molar-refractivity contribution in [2.75, 3.05) is 13.2 Å². The Morgan fingerprint density at radius 2 is 1.57 bits per heavy atom. The van der Waals surface area contributed by atoms with Gasteiger partial charge in [-0.1, -0.05) is 12.1 Å². The van der Waals surface area contributed by atoms with E-state index >= 15 is 0 Å². The zero-order valence-corrected chi connectivity index (χ0v) is 21.1. The van der Waals surface area contributed by atoms with Crippen LogP contribution in [0.1, 0.15) is 22.3 Å². The third kappa shape index (κ3) is 6.46. The molecule has 4 rings (SSSR count). The van der Waals surface area contributed by atoms with Crippen LogP contribution in [-0.4, -0.2) is 120 Å². The number of hydrogen-bond acceptors (Lipinski definition) is 14. The molecule has 0 spiro atoms. The second kappa shape index (κ2) is 12.6. The van der Waals surface area contributed by atoms with Gasteiger partial charge in [0.1, 0.15) is 65.2 Å². The van der Waals surface area contributed by atoms with E-state index in [0.717, 1.165) is 17.7 Å². The third-order valence-electron chi connectivity index (χ3n) is 6.74. The number of ether oxygens (including phenoxy) is 4. The topological polar surface area (TPSA) is 236 Å². The smallest absolute Gasteiger partial charge is 0.229 e. The van der Waals surface area contributed by atoms with Gasteiger partial charge in [0.15, 0.2) is 18.2 Å². The van der Waals surface area contributed by atoms with Crippen LogP contribution < -0.4 is 4.74 Å². The van der Waals surface area contributed by atoms with E-state index in [0.29, 0.717) is 0 Å². The number of carbonyl (C=O) groups is 1. The molecule has 9 N–H and O–H groups in total. The van der Waals surface area contributed by atoms with E-state index in [1.54, 1.807) is 12.1 Å². The number of phenols is 3. The predicted octanol–water partition coefficient (Wildman–Crippen LogP) is -1.74. The van der Waals surface area contributed by atoms with Crippen molar-refractivity contribution in [1.29, 1.82) is 0 Å². The van der Waals surface area contributed by atoms with Gasteiger partial charge in [-0.25, -0.2) is 0 Å². The maximum atomic E-state index is 13.1. The number of aromatic hydroxyl groups is 3. The Balaban J connectivity index is 1.59. The zero-order chi connectivity index (χ0) is 29.1. The summed E-state index contributed by atoms with van der Waals surface area (Å²) in [6, 6.07) is 8.07. The van der Waals surface area contributed by atoms with Gasteiger partial charge in [0.2, 0.25) is 6.29 Å². The Morgan fingerprint density at radius 1 is 0.875 bits per heavy atom. The molecule has 2 saturated heterocycles. The van der Waals surface area contributed by atoms with Crippen molar-refractivity contribution < 1.29 is 69.7 Å². The number of ketones is 1. The lowest BCUT2D eigenvalue weighted by Crippen LogP contribution is -2.63. The van der Waals surface area contributed by atoms with Crippen molar-refractivity contribution in [1.82, 2.24) is 0 Å². The second-order valence-corrected chi connectivity index (χ2v) is 9.60. The molecule has 2 aromatic rings. The number of aliphatic hydroxyl groups is 6. The highest BCUT2D eigenvalue weighted by Crippen LogP contribution is 2.37. The van der Waals surface area contributed by atoms with Gasteiger partial charge in [0, 0.05) is 18.6 Å². The number of aryl methyl sites for hydroxylation is 1. The number of rotatable bonds is 9. The minimum Gasteiger partial charge on any atom is -0.508 e. The van der Waals surface area contributed by atoms with E-state index in [1.807, 2.05) is 0 Å². The van der Waals surface area contributed by atoms with Crippen LogP contribution in [-0.2, 0) is 20.6 Å². The Labute approximate surface area is 227 Å². The first-order valence-electron chi connectivity index (χ1n) is 12.5. The number of aliphatic hydroxyl groups excluding tert-OH is 6. The molecule has 0 saturated carbocycles. The first-order valence-corrected chi connectivity index (χ1v) is 12.5. The molecule has 40 heavy (non-hydrogen) atoms. The Bertz CT molecular complexity index is 1160. The fraction of sp³-hybridized carbons (Fsp3) is 0.500. The minimum atomic E-state index is -1.81. The largest absolute Gasteiger partial charge is 0.508 e. The summed E-state index contributed by atoms with van der Waals surface area (Å²) in [6.07, 6.45) is -14.6. The average molecular weight is 569 g/mol. The van der Waals surface area contributed by atoms with Crippen molar-refractivity contribution in [3.63, 3.8) is 0 Å². The summed E-state index contributed by atoms with van der Waals surface area (Å²) in [5, 5.41) is 90.8. The molecule has 2 heterocycles. The highest BCUT2D eigenvalue weighted by molar-refractivity contribution is 6.01. The van der Waals surface area contributed by atoms with Crippen molar-refractivity contribution in [2.24, 2.45) is 0 Å². The summed E-state index contributed by atoms with van der Waals surface area (Å²) in [4.78, 5) is 13.1. The molecule has 0 radical (unpaired) electrons. The number of benzene rings is 2. The van der Waals surface area contributed by atoms with E-state index in [2.05, 4.69) is 0 Å². The van der Waals surface area contributed by atoms with Crippen LogP contribution in [0.4, 0.5) is 0 Å². The Morgan fingerprint density at radius 3 is 2.25 bits per heavy atom. The molecule has 0 unspecified atom stereocenters. The number of Topliss-reactive ketones (excluding diaryl/α,β-unsaturated/α-hetero) is 1. The molecular formula is C26H32O14. The third-order valence-corrected chi connectivity index (χ3v) is 6.74. The van der Waals surface area contributed by atoms with Gasteiger partial charge in [0.25, 0.3) is 0 Å². The van der Waals surface area contributed by atoms with Crippen LogP contribution in [0, 0.1) is 0 Å². The fourth-order valence-electron chi connectivity index (χ4n) is 4.48. The molecule has 14 nitrogen and oxygen atoms in total. The fourth-order valence-corrected chi connectivity index (χ4v) is 4.48. The van der Waals surface area contributed by atoms with E-state index < -0.39 is 85.8 Å². The van der Waals surface area contributed by atoms with Gasteiger partial charge in [0.05, 0.1) is 13.2 Å². The van der Waals surface area contributed by atoms with Gasteiger partial charge in [-0.05, 0) is 24.1 Å². The Hall–Kier alpha value is -3.05. The van der Waals surface area contributed by atoms with Crippen LogP contribution in [0.5, 0.6) is 23.0 Å². The van der Waals surface area contributed by atoms with Crippen LogP contribution in [0.2, 0.25) is 0 Å². The molecule has 2 aliphatic heterocycles. The monoisotopic (exact) mass is 568 g/mol. The first-order chi connectivity index (χ1) is 19.0. The van der Waals surface area contributed by atoms with E-state index in [4.69, 9.17) is 18.9 Å². The lowest BCUT2D eigenvalue weighted by atomic mass is 9.98. The maximum Gasteiger partial charge on any atom is 0.229 e. The van der Waals surface area contributed by atoms with Crippen molar-refractivity contribution in [2.45, 2.75) is 68.1 Å². The molecule has 220 valence electrons. The molecule has 2 fully saturated rings. The summed E-state index contributed by atoms with van der Waals surface area (Å²) in [5.41, 5.74) is 0.379. The molecule has 0 amide bonds. The highest BCUT2D eigenvalue weighted by atomic mass is 16.8. The number of carbonyl (C=O) groups excluding carboxylic acids is 1. The summed E-state index contributed by atoms with van der Waals surface area (Å²) in [6.45, 7) is -1.19. The SMILES string of the molecule is O=C(CCc1ccc(O)cc1)c1c(O)cc(O)cc1O[C@@H]1O[C@H](CO)[C@@H](O)[C@H](O)[C@H]1O[C@@H]1OC[C@@H](O)[C@H](O)[C@H]1O. The molecule has 14 heteroatoms. The van der Waals surface area contributed by atoms with Gasteiger partial charge in [-0.2, -0.15) is 0 Å². The summed E-state index contributed by atoms with van der Waals surface area (Å²) < 4.78 is 22.1. The van der Waals surface area contributed by atoms with Gasteiger partial charge in [-0.15, -0.1) is 0 Å². The van der Waals surface area contributed by atoms with Crippen LogP contribution in [0.3, 0.4) is 0 Å². The lowest BCUT2D eigenvalue weighted by molar-refractivity contribution is -0.345. The quantitative estimate of drug-likeness (QED) is 0.153. The molecule has 9 atom stereocenters. The van der Waals surface area contributed by atoms with Gasteiger partial charge >= 0.3 is 0 Å². The molecular weight excluding hydrogens is 536 g/mol. The molecule has 0 bridgehead atoms. The molecule has 2 aromatic carbocycles. The number of phenolic OH excluding ortho intramolecular Hbond substituents is 3. The average Bonchev–Trinajstić information content (AvgIpc) is 2.91. The second-order valence-electron chi connectivity index (χ2n) is 9.60. The van der Waals surface area contributed by atoms with Crippen molar-refractivity contribution >= 4 is 5.78 Å². The van der Waals surface area contributed by atoms with Crippen LogP contribution in [0.15, 0.2) is 36.4 Å². The van der Waals surface area contributed by atoms with Crippen LogP contribution in [0.25, 0.3) is 0 Å². The normalized spacial score (nSPS) is 32.5. The first kappa shape index (κ1) is 29.9. The molecule has 0 aliphatic carbocycles. The maximum absolute atomic E-state index is 13.1. The van der Waals surface area contributed by atoms with Crippen LogP contribution >= 0.6 is 0 Å². The zero-order valence-electron chi connectivity index (χ0n) is 21.1. The van der Waals surface area contributed by atoms with E-state index in [1.165, 1.54) is 12.1 Å². The summed E-state index contributed by atoms with van der Waals surface area (Å²) >= 11 is 0. The summed E-state index contributed by atoms with van der Waals surface area (Å²) in [7, 11) is 0. The van der Waals surface area contributed by atoms with E-state index in [9.17, 15) is 50.8 Å². The van der Waals surface area contributed by atoms with Gasteiger partial charge in [-0.3, -0.25) is 4.79 Å². The van der Waals surface area contributed by atoms with Gasteiger partial charge < -0.3 is 64.9 Å². The highest BCUT2D eigenvalue weighted by Gasteiger charge is 2.50. The molecule has 2 aliphatic rings. The summed E-state index contributed by atoms with van der Waals surface area (Å²) in [5.74, 6) is -2.04. The molecule has 0 aromatic heterocycles. The van der Waals surface area contributed by atoms with Crippen molar-refractivity contribution in [3.05, 3.63) is 47.5 Å². The number of hydrogen-bond donors (Lipinski definition) is 9.